The summed E-state index contributed by atoms with van der Waals surface area (Å²) in [6, 6.07) is 6.17. The van der Waals surface area contributed by atoms with E-state index < -0.39 is 10.7 Å². The highest BCUT2D eigenvalue weighted by atomic mass is 16.7. The minimum absolute atomic E-state index is 0.0278. The lowest BCUT2D eigenvalue weighted by molar-refractivity contribution is -0.385. The fourth-order valence-electron chi connectivity index (χ4n) is 2.22. The van der Waals surface area contributed by atoms with Crippen LogP contribution in [0.5, 0.6) is 23.0 Å². The zero-order valence-corrected chi connectivity index (χ0v) is 12.1. The number of ketones is 1. The van der Waals surface area contributed by atoms with Crippen LogP contribution in [-0.4, -0.2) is 27.7 Å². The lowest BCUT2D eigenvalue weighted by atomic mass is 10.1. The number of phenols is 2. The number of rotatable bonds is 4. The maximum atomic E-state index is 12.1. The van der Waals surface area contributed by atoms with Gasteiger partial charge >= 0.3 is 0 Å². The first-order valence-electron chi connectivity index (χ1n) is 6.78. The molecule has 2 aromatic rings. The van der Waals surface area contributed by atoms with Crippen molar-refractivity contribution in [2.45, 2.75) is 0 Å². The molecule has 3 rings (SSSR count). The predicted molar refractivity (Wildman–Crippen MR) is 82.4 cm³/mol. The fourth-order valence-corrected chi connectivity index (χ4v) is 2.22. The van der Waals surface area contributed by atoms with Gasteiger partial charge in [-0.25, -0.2) is 0 Å². The average molecular weight is 329 g/mol. The molecule has 24 heavy (non-hydrogen) atoms. The second-order valence-electron chi connectivity index (χ2n) is 4.92. The maximum absolute atomic E-state index is 12.1. The van der Waals surface area contributed by atoms with Crippen LogP contribution in [0, 0.1) is 10.1 Å². The number of fused-ring (bicyclic) bond motifs is 1. The molecule has 0 fully saturated rings. The Morgan fingerprint density at radius 1 is 1.17 bits per heavy atom. The van der Waals surface area contributed by atoms with Crippen LogP contribution in [0.15, 0.2) is 36.4 Å². The van der Waals surface area contributed by atoms with Crippen LogP contribution in [0.4, 0.5) is 5.69 Å². The van der Waals surface area contributed by atoms with Crippen LogP contribution in [0.3, 0.4) is 0 Å². The molecule has 0 amide bonds. The summed E-state index contributed by atoms with van der Waals surface area (Å²) in [7, 11) is 0. The monoisotopic (exact) mass is 329 g/mol. The molecular weight excluding hydrogens is 318 g/mol. The molecule has 0 radical (unpaired) electrons. The molecule has 0 saturated heterocycles. The second-order valence-corrected chi connectivity index (χ2v) is 4.92. The summed E-state index contributed by atoms with van der Waals surface area (Å²) in [6.07, 6.45) is 2.35. The quantitative estimate of drug-likeness (QED) is 0.383. The molecule has 0 bridgehead atoms. The van der Waals surface area contributed by atoms with Crippen molar-refractivity contribution in [3.8, 4) is 23.0 Å². The van der Waals surface area contributed by atoms with Crippen LogP contribution in [0.2, 0.25) is 0 Å². The SMILES string of the molecule is O=C(/C=C/c1cc2c(cc1[N+](=O)[O-])OCO2)c1ccc(O)cc1O. The van der Waals surface area contributed by atoms with Gasteiger partial charge in [-0.2, -0.15) is 0 Å². The summed E-state index contributed by atoms with van der Waals surface area (Å²) in [4.78, 5) is 22.7. The van der Waals surface area contributed by atoms with Gasteiger partial charge in [-0.1, -0.05) is 0 Å². The maximum Gasteiger partial charge on any atom is 0.280 e. The number of nitro groups is 1. The summed E-state index contributed by atoms with van der Waals surface area (Å²) < 4.78 is 10.3. The molecule has 0 aliphatic carbocycles. The standard InChI is InChI=1S/C16H11NO7/c18-10-2-3-11(14(20)6-10)13(19)4-1-9-5-15-16(24-8-23-15)7-12(9)17(21)22/h1-7,18,20H,8H2/b4-1+. The molecule has 0 atom stereocenters. The Balaban J connectivity index is 1.94. The first-order valence-corrected chi connectivity index (χ1v) is 6.78. The van der Waals surface area contributed by atoms with E-state index in [1.807, 2.05) is 0 Å². The Labute approximate surface area is 135 Å². The van der Waals surface area contributed by atoms with Crippen LogP contribution in [0.1, 0.15) is 15.9 Å². The molecule has 2 aromatic carbocycles. The minimum Gasteiger partial charge on any atom is -0.508 e. The number of carbonyl (C=O) groups excluding carboxylic acids is 1. The molecule has 8 nitrogen and oxygen atoms in total. The van der Waals surface area contributed by atoms with Crippen LogP contribution >= 0.6 is 0 Å². The van der Waals surface area contributed by atoms with Crippen molar-refractivity contribution in [3.05, 3.63) is 57.6 Å². The molecule has 0 saturated carbocycles. The zero-order chi connectivity index (χ0) is 17.3. The number of carbonyl (C=O) groups is 1. The first-order chi connectivity index (χ1) is 11.5. The van der Waals surface area contributed by atoms with Gasteiger partial charge in [0.2, 0.25) is 6.79 Å². The first kappa shape index (κ1) is 15.3. The van der Waals surface area contributed by atoms with Crippen molar-refractivity contribution in [1.82, 2.24) is 0 Å². The molecule has 0 unspecified atom stereocenters. The number of nitrogens with zero attached hydrogens (tertiary/aromatic N) is 1. The number of aromatic hydroxyl groups is 2. The molecule has 122 valence electrons. The van der Waals surface area contributed by atoms with Crippen molar-refractivity contribution in [2.24, 2.45) is 0 Å². The van der Waals surface area contributed by atoms with Gasteiger partial charge in [-0.05, 0) is 30.4 Å². The van der Waals surface area contributed by atoms with Crippen molar-refractivity contribution in [3.63, 3.8) is 0 Å². The molecule has 1 aliphatic rings. The Morgan fingerprint density at radius 2 is 1.88 bits per heavy atom. The Bertz CT molecular complexity index is 873. The van der Waals surface area contributed by atoms with E-state index in [0.29, 0.717) is 5.75 Å². The van der Waals surface area contributed by atoms with E-state index in [2.05, 4.69) is 0 Å². The third-order valence-corrected chi connectivity index (χ3v) is 3.38. The van der Waals surface area contributed by atoms with Gasteiger partial charge in [0.25, 0.3) is 5.69 Å². The lowest BCUT2D eigenvalue weighted by Gasteiger charge is -2.02. The topological polar surface area (TPSA) is 119 Å². The van der Waals surface area contributed by atoms with Crippen molar-refractivity contribution < 1.29 is 29.4 Å². The van der Waals surface area contributed by atoms with Gasteiger partial charge in [0.15, 0.2) is 17.3 Å². The van der Waals surface area contributed by atoms with E-state index in [1.54, 1.807) is 0 Å². The number of phenolic OH excluding ortho intramolecular Hbond substituents is 2. The van der Waals surface area contributed by atoms with Crippen molar-refractivity contribution in [2.75, 3.05) is 6.79 Å². The van der Waals surface area contributed by atoms with Crippen molar-refractivity contribution >= 4 is 17.5 Å². The Kier molecular flexibility index (Phi) is 3.78. The third kappa shape index (κ3) is 2.84. The highest BCUT2D eigenvalue weighted by Gasteiger charge is 2.22. The average Bonchev–Trinajstić information content (AvgIpc) is 2.98. The van der Waals surface area contributed by atoms with Crippen LogP contribution in [0.25, 0.3) is 6.08 Å². The van der Waals surface area contributed by atoms with Gasteiger partial charge in [0, 0.05) is 6.07 Å². The number of ether oxygens (including phenoxy) is 2. The molecule has 0 spiro atoms. The number of hydrogen-bond acceptors (Lipinski definition) is 7. The van der Waals surface area contributed by atoms with Gasteiger partial charge in [0.1, 0.15) is 11.5 Å². The number of nitro benzene ring substituents is 1. The van der Waals surface area contributed by atoms with E-state index in [4.69, 9.17) is 9.47 Å². The highest BCUT2D eigenvalue weighted by molar-refractivity contribution is 6.08. The molecular formula is C16H11NO7. The molecule has 1 heterocycles. The Hall–Kier alpha value is -3.55. The van der Waals surface area contributed by atoms with Crippen LogP contribution in [-0.2, 0) is 0 Å². The lowest BCUT2D eigenvalue weighted by Crippen LogP contribution is -1.96. The summed E-state index contributed by atoms with van der Waals surface area (Å²) in [6.45, 7) is -0.0278. The molecule has 1 aliphatic heterocycles. The Morgan fingerprint density at radius 3 is 2.54 bits per heavy atom. The van der Waals surface area contributed by atoms with E-state index in [9.17, 15) is 25.1 Å². The second kappa shape index (κ2) is 5.92. The highest BCUT2D eigenvalue weighted by Crippen LogP contribution is 2.38. The largest absolute Gasteiger partial charge is 0.508 e. The normalized spacial score (nSPS) is 12.5. The van der Waals surface area contributed by atoms with Gasteiger partial charge in [-0.15, -0.1) is 0 Å². The number of allylic oxidation sites excluding steroid dienone is 1. The van der Waals surface area contributed by atoms with Crippen LogP contribution < -0.4 is 9.47 Å². The van der Waals surface area contributed by atoms with E-state index in [1.165, 1.54) is 30.3 Å². The summed E-state index contributed by atoms with van der Waals surface area (Å²) in [5, 5.41) is 30.0. The van der Waals surface area contributed by atoms with E-state index in [-0.39, 0.29) is 40.9 Å². The molecule has 8 heteroatoms. The number of hydrogen-bond donors (Lipinski definition) is 2. The summed E-state index contributed by atoms with van der Waals surface area (Å²) in [5.74, 6) is -0.523. The number of benzene rings is 2. The summed E-state index contributed by atoms with van der Waals surface area (Å²) in [5.41, 5.74) is -0.110. The van der Waals surface area contributed by atoms with E-state index >= 15 is 0 Å². The van der Waals surface area contributed by atoms with Crippen molar-refractivity contribution in [1.29, 1.82) is 0 Å². The van der Waals surface area contributed by atoms with Gasteiger partial charge in [0.05, 0.1) is 22.1 Å². The fraction of sp³-hybridized carbons (Fsp3) is 0.0625. The van der Waals surface area contributed by atoms with Gasteiger partial charge < -0.3 is 19.7 Å². The summed E-state index contributed by atoms with van der Waals surface area (Å²) >= 11 is 0. The zero-order valence-electron chi connectivity index (χ0n) is 12.1. The van der Waals surface area contributed by atoms with E-state index in [0.717, 1.165) is 12.1 Å². The third-order valence-electron chi connectivity index (χ3n) is 3.38. The smallest absolute Gasteiger partial charge is 0.280 e. The minimum atomic E-state index is -0.593. The molecule has 2 N–H and O–H groups in total. The molecule has 0 aromatic heterocycles. The van der Waals surface area contributed by atoms with Gasteiger partial charge in [-0.3, -0.25) is 14.9 Å². The predicted octanol–water partition coefficient (Wildman–Crippen LogP) is 2.63.